The summed E-state index contributed by atoms with van der Waals surface area (Å²) in [4.78, 5) is 22.2. The zero-order chi connectivity index (χ0) is 21.2. The number of fused-ring (bicyclic) bond motifs is 2. The third kappa shape index (κ3) is 4.51. The largest absolute Gasteiger partial charge is 0.486 e. The van der Waals surface area contributed by atoms with Gasteiger partial charge in [-0.3, -0.25) is 14.6 Å². The van der Waals surface area contributed by atoms with Gasteiger partial charge in [0.05, 0.1) is 22.8 Å². The number of piperazine rings is 1. The molecule has 1 atom stereocenters. The number of aromatic nitrogens is 1. The molecule has 1 saturated heterocycles. The minimum absolute atomic E-state index is 0.00343. The number of carbonyl (C=O) groups is 1. The predicted octanol–water partition coefficient (Wildman–Crippen LogP) is 3.21. The van der Waals surface area contributed by atoms with Gasteiger partial charge in [-0.2, -0.15) is 0 Å². The molecule has 7 nitrogen and oxygen atoms in total. The van der Waals surface area contributed by atoms with Crippen molar-refractivity contribution >= 4 is 33.1 Å². The third-order valence-electron chi connectivity index (χ3n) is 5.84. The van der Waals surface area contributed by atoms with Crippen LogP contribution < -0.4 is 14.8 Å². The predicted molar refractivity (Wildman–Crippen MR) is 122 cm³/mol. The van der Waals surface area contributed by atoms with E-state index >= 15 is 0 Å². The molecular weight excluding hydrogens is 412 g/mol. The van der Waals surface area contributed by atoms with Gasteiger partial charge < -0.3 is 14.8 Å². The Bertz CT molecular complexity index is 1040. The van der Waals surface area contributed by atoms with Gasteiger partial charge in [-0.05, 0) is 31.2 Å². The molecule has 1 amide bonds. The van der Waals surface area contributed by atoms with Crippen LogP contribution in [0.5, 0.6) is 11.5 Å². The highest BCUT2D eigenvalue weighted by molar-refractivity contribution is 7.18. The van der Waals surface area contributed by atoms with Crippen LogP contribution in [0, 0.1) is 0 Å². The summed E-state index contributed by atoms with van der Waals surface area (Å²) in [7, 11) is 0. The van der Waals surface area contributed by atoms with Crippen LogP contribution in [0.3, 0.4) is 0 Å². The number of amides is 1. The summed E-state index contributed by atoms with van der Waals surface area (Å²) >= 11 is 1.76. The Balaban J connectivity index is 1.14. The third-order valence-corrected chi connectivity index (χ3v) is 6.86. The normalized spacial score (nSPS) is 18.1. The van der Waals surface area contributed by atoms with Crippen LogP contribution in [0.4, 0.5) is 5.69 Å². The second-order valence-corrected chi connectivity index (χ2v) is 9.03. The first-order chi connectivity index (χ1) is 15.2. The van der Waals surface area contributed by atoms with Crippen molar-refractivity contribution in [2.45, 2.75) is 19.5 Å². The molecule has 0 radical (unpaired) electrons. The number of rotatable bonds is 5. The standard InChI is InChI=1S/C23H26N4O3S/c1-16(23(28)24-17-6-7-19-20(14-17)30-13-12-29-19)27-10-8-26(9-11-27)15-22-25-18-4-2-3-5-21(18)31-22/h2-7,14,16H,8-13,15H2,1H3,(H,24,28). The Morgan fingerprint density at radius 2 is 1.87 bits per heavy atom. The van der Waals surface area contributed by atoms with Crippen molar-refractivity contribution in [3.8, 4) is 11.5 Å². The smallest absolute Gasteiger partial charge is 0.241 e. The molecule has 3 heterocycles. The van der Waals surface area contributed by atoms with E-state index in [4.69, 9.17) is 14.5 Å². The van der Waals surface area contributed by atoms with E-state index in [1.54, 1.807) is 11.3 Å². The van der Waals surface area contributed by atoms with Crippen molar-refractivity contribution in [2.24, 2.45) is 0 Å². The number of nitrogens with one attached hydrogen (secondary N) is 1. The minimum Gasteiger partial charge on any atom is -0.486 e. The van der Waals surface area contributed by atoms with Gasteiger partial charge in [0.2, 0.25) is 5.91 Å². The fraction of sp³-hybridized carbons (Fsp3) is 0.391. The number of carbonyl (C=O) groups excluding carboxylic acids is 1. The number of hydrogen-bond donors (Lipinski definition) is 1. The van der Waals surface area contributed by atoms with E-state index in [-0.39, 0.29) is 11.9 Å². The molecule has 0 aliphatic carbocycles. The van der Waals surface area contributed by atoms with Gasteiger partial charge in [0.15, 0.2) is 11.5 Å². The van der Waals surface area contributed by atoms with E-state index < -0.39 is 0 Å². The number of nitrogens with zero attached hydrogens (tertiary/aromatic N) is 3. The zero-order valence-corrected chi connectivity index (χ0v) is 18.4. The summed E-state index contributed by atoms with van der Waals surface area (Å²) in [5, 5.41) is 4.17. The number of thiazole rings is 1. The quantitative estimate of drug-likeness (QED) is 0.660. The number of anilines is 1. The van der Waals surface area contributed by atoms with Gasteiger partial charge >= 0.3 is 0 Å². The molecule has 1 unspecified atom stereocenters. The van der Waals surface area contributed by atoms with Gasteiger partial charge in [-0.15, -0.1) is 11.3 Å². The van der Waals surface area contributed by atoms with Gasteiger partial charge in [-0.1, -0.05) is 12.1 Å². The summed E-state index contributed by atoms with van der Waals surface area (Å²) in [6.45, 7) is 7.50. The maximum Gasteiger partial charge on any atom is 0.241 e. The van der Waals surface area contributed by atoms with E-state index in [1.807, 2.05) is 31.2 Å². The SMILES string of the molecule is CC(C(=O)Nc1ccc2c(c1)OCCO2)N1CCN(Cc2nc3ccccc3s2)CC1. The van der Waals surface area contributed by atoms with E-state index in [2.05, 4.69) is 33.3 Å². The molecule has 0 bridgehead atoms. The average molecular weight is 439 g/mol. The molecule has 0 spiro atoms. The number of para-hydroxylation sites is 1. The lowest BCUT2D eigenvalue weighted by molar-refractivity contribution is -0.121. The van der Waals surface area contributed by atoms with Crippen LogP contribution in [0.1, 0.15) is 11.9 Å². The molecular formula is C23H26N4O3S. The Labute approximate surface area is 185 Å². The van der Waals surface area contributed by atoms with E-state index in [9.17, 15) is 4.79 Å². The highest BCUT2D eigenvalue weighted by Crippen LogP contribution is 2.32. The Hall–Kier alpha value is -2.68. The van der Waals surface area contributed by atoms with Crippen LogP contribution in [0.15, 0.2) is 42.5 Å². The molecule has 5 rings (SSSR count). The van der Waals surface area contributed by atoms with Gasteiger partial charge in [0.1, 0.15) is 18.2 Å². The molecule has 1 N–H and O–H groups in total. The lowest BCUT2D eigenvalue weighted by atomic mass is 10.2. The van der Waals surface area contributed by atoms with Crippen LogP contribution in [0.2, 0.25) is 0 Å². The van der Waals surface area contributed by atoms with Crippen molar-refractivity contribution in [2.75, 3.05) is 44.7 Å². The summed E-state index contributed by atoms with van der Waals surface area (Å²) < 4.78 is 12.4. The monoisotopic (exact) mass is 438 g/mol. The van der Waals surface area contributed by atoms with E-state index in [0.717, 1.165) is 54.7 Å². The average Bonchev–Trinajstić information content (AvgIpc) is 3.21. The van der Waals surface area contributed by atoms with Gasteiger partial charge in [-0.25, -0.2) is 4.98 Å². The molecule has 162 valence electrons. The summed E-state index contributed by atoms with van der Waals surface area (Å²) in [5.41, 5.74) is 1.81. The van der Waals surface area contributed by atoms with Crippen molar-refractivity contribution in [1.29, 1.82) is 0 Å². The van der Waals surface area contributed by atoms with Crippen molar-refractivity contribution in [1.82, 2.24) is 14.8 Å². The second kappa shape index (κ2) is 8.82. The van der Waals surface area contributed by atoms with Gasteiger partial charge in [0, 0.05) is 37.9 Å². The lowest BCUT2D eigenvalue weighted by Crippen LogP contribution is -2.52. The fourth-order valence-corrected chi connectivity index (χ4v) is 5.03. The number of ether oxygens (including phenoxy) is 2. The first kappa shape index (κ1) is 20.2. The van der Waals surface area contributed by atoms with Crippen LogP contribution in [-0.2, 0) is 11.3 Å². The summed E-state index contributed by atoms with van der Waals surface area (Å²) in [5.74, 6) is 1.40. The highest BCUT2D eigenvalue weighted by Gasteiger charge is 2.26. The van der Waals surface area contributed by atoms with Crippen molar-refractivity contribution < 1.29 is 14.3 Å². The Morgan fingerprint density at radius 3 is 2.68 bits per heavy atom. The molecule has 3 aromatic rings. The summed E-state index contributed by atoms with van der Waals surface area (Å²) in [6, 6.07) is 13.6. The molecule has 2 aliphatic heterocycles. The Morgan fingerprint density at radius 1 is 1.10 bits per heavy atom. The number of benzene rings is 2. The number of hydrogen-bond acceptors (Lipinski definition) is 7. The van der Waals surface area contributed by atoms with Crippen LogP contribution in [-0.4, -0.2) is 66.1 Å². The zero-order valence-electron chi connectivity index (χ0n) is 17.5. The van der Waals surface area contributed by atoms with Crippen molar-refractivity contribution in [3.63, 3.8) is 0 Å². The molecule has 8 heteroatoms. The Kier molecular flexibility index (Phi) is 5.76. The summed E-state index contributed by atoms with van der Waals surface area (Å²) in [6.07, 6.45) is 0. The first-order valence-electron chi connectivity index (χ1n) is 10.7. The molecule has 2 aromatic carbocycles. The second-order valence-electron chi connectivity index (χ2n) is 7.91. The first-order valence-corrected chi connectivity index (χ1v) is 11.5. The van der Waals surface area contributed by atoms with Gasteiger partial charge in [0.25, 0.3) is 0 Å². The molecule has 2 aliphatic rings. The topological polar surface area (TPSA) is 66.9 Å². The highest BCUT2D eigenvalue weighted by atomic mass is 32.1. The maximum absolute atomic E-state index is 12.8. The molecule has 0 saturated carbocycles. The van der Waals surface area contributed by atoms with E-state index in [0.29, 0.717) is 19.0 Å². The molecule has 31 heavy (non-hydrogen) atoms. The van der Waals surface area contributed by atoms with E-state index in [1.165, 1.54) is 4.70 Å². The fourth-order valence-electron chi connectivity index (χ4n) is 4.02. The maximum atomic E-state index is 12.8. The van der Waals surface area contributed by atoms with Crippen LogP contribution in [0.25, 0.3) is 10.2 Å². The van der Waals surface area contributed by atoms with Crippen LogP contribution >= 0.6 is 11.3 Å². The van der Waals surface area contributed by atoms with Crippen molar-refractivity contribution in [3.05, 3.63) is 47.5 Å². The lowest BCUT2D eigenvalue weighted by Gasteiger charge is -2.37. The molecule has 1 fully saturated rings. The molecule has 1 aromatic heterocycles. The minimum atomic E-state index is -0.196.